The van der Waals surface area contributed by atoms with Gasteiger partial charge in [-0.3, -0.25) is 4.79 Å². The molecule has 1 rings (SSSR count). The highest BCUT2D eigenvalue weighted by molar-refractivity contribution is 5.94. The van der Waals surface area contributed by atoms with Crippen molar-refractivity contribution in [3.63, 3.8) is 0 Å². The monoisotopic (exact) mass is 218 g/mol. The standard InChI is InChI=1S/C13H18N2O/c1-5-15(9-10(2)3)13-8-12(11(4)16)6-7-14-13/h6-8H,2,5,9H2,1,3-4H3. The van der Waals surface area contributed by atoms with Crippen molar-refractivity contribution in [3.8, 4) is 0 Å². The summed E-state index contributed by atoms with van der Waals surface area (Å²) in [4.78, 5) is 17.6. The molecule has 0 aromatic carbocycles. The number of carbonyl (C=O) groups excluding carboxylic acids is 1. The van der Waals surface area contributed by atoms with Crippen LogP contribution in [0.4, 0.5) is 5.82 Å². The van der Waals surface area contributed by atoms with Gasteiger partial charge in [0.15, 0.2) is 5.78 Å². The number of aromatic nitrogens is 1. The Labute approximate surface area is 96.8 Å². The van der Waals surface area contributed by atoms with Gasteiger partial charge in [0.25, 0.3) is 0 Å². The van der Waals surface area contributed by atoms with Crippen LogP contribution in [0.5, 0.6) is 0 Å². The third-order valence-electron chi connectivity index (χ3n) is 2.32. The molecule has 1 heterocycles. The molecule has 0 aliphatic rings. The molecule has 0 N–H and O–H groups in total. The van der Waals surface area contributed by atoms with Crippen molar-refractivity contribution < 1.29 is 4.79 Å². The Hall–Kier alpha value is -1.64. The highest BCUT2D eigenvalue weighted by atomic mass is 16.1. The van der Waals surface area contributed by atoms with E-state index >= 15 is 0 Å². The Morgan fingerprint density at radius 1 is 1.50 bits per heavy atom. The third-order valence-corrected chi connectivity index (χ3v) is 2.32. The molecule has 0 aliphatic heterocycles. The van der Waals surface area contributed by atoms with Crippen LogP contribution in [0.2, 0.25) is 0 Å². The van der Waals surface area contributed by atoms with Crippen molar-refractivity contribution in [1.29, 1.82) is 0 Å². The van der Waals surface area contributed by atoms with E-state index in [4.69, 9.17) is 0 Å². The van der Waals surface area contributed by atoms with Gasteiger partial charge in [0, 0.05) is 24.8 Å². The SMILES string of the molecule is C=C(C)CN(CC)c1cc(C(C)=O)ccn1. The van der Waals surface area contributed by atoms with Crippen LogP contribution in [-0.4, -0.2) is 23.9 Å². The Balaban J connectivity index is 2.96. The first kappa shape index (κ1) is 12.4. The lowest BCUT2D eigenvalue weighted by Gasteiger charge is -2.22. The normalized spacial score (nSPS) is 9.94. The summed E-state index contributed by atoms with van der Waals surface area (Å²) >= 11 is 0. The summed E-state index contributed by atoms with van der Waals surface area (Å²) in [6, 6.07) is 3.56. The molecule has 0 amide bonds. The lowest BCUT2D eigenvalue weighted by atomic mass is 10.2. The topological polar surface area (TPSA) is 33.2 Å². The van der Waals surface area contributed by atoms with Crippen LogP contribution >= 0.6 is 0 Å². The summed E-state index contributed by atoms with van der Waals surface area (Å²) in [6.45, 7) is 11.1. The van der Waals surface area contributed by atoms with Crippen molar-refractivity contribution in [1.82, 2.24) is 4.98 Å². The first-order valence-corrected chi connectivity index (χ1v) is 5.41. The number of hydrogen-bond donors (Lipinski definition) is 0. The number of Topliss-reactive ketones (excluding diaryl/α,β-unsaturated/α-hetero) is 1. The van der Waals surface area contributed by atoms with Gasteiger partial charge in [-0.15, -0.1) is 0 Å². The largest absolute Gasteiger partial charge is 0.353 e. The van der Waals surface area contributed by atoms with E-state index in [-0.39, 0.29) is 5.78 Å². The zero-order chi connectivity index (χ0) is 12.1. The molecule has 0 bridgehead atoms. The van der Waals surface area contributed by atoms with Crippen LogP contribution in [0.3, 0.4) is 0 Å². The zero-order valence-electron chi connectivity index (χ0n) is 10.2. The number of carbonyl (C=O) groups is 1. The summed E-state index contributed by atoms with van der Waals surface area (Å²) in [7, 11) is 0. The fraction of sp³-hybridized carbons (Fsp3) is 0.385. The van der Waals surface area contributed by atoms with Gasteiger partial charge in [0.05, 0.1) is 0 Å². The summed E-state index contributed by atoms with van der Waals surface area (Å²) in [6.07, 6.45) is 1.67. The van der Waals surface area contributed by atoms with Gasteiger partial charge in [0.1, 0.15) is 5.82 Å². The Morgan fingerprint density at radius 3 is 2.69 bits per heavy atom. The summed E-state index contributed by atoms with van der Waals surface area (Å²) in [5.41, 5.74) is 1.78. The van der Waals surface area contributed by atoms with E-state index in [2.05, 4.69) is 23.4 Å². The molecule has 0 unspecified atom stereocenters. The van der Waals surface area contributed by atoms with Crippen LogP contribution in [0, 0.1) is 0 Å². The quantitative estimate of drug-likeness (QED) is 0.562. The van der Waals surface area contributed by atoms with Gasteiger partial charge in [0.2, 0.25) is 0 Å². The fourth-order valence-electron chi connectivity index (χ4n) is 1.49. The van der Waals surface area contributed by atoms with Gasteiger partial charge in [-0.25, -0.2) is 4.98 Å². The van der Waals surface area contributed by atoms with Crippen LogP contribution in [0.1, 0.15) is 31.1 Å². The molecule has 16 heavy (non-hydrogen) atoms. The smallest absolute Gasteiger partial charge is 0.159 e. The Bertz CT molecular complexity index is 399. The van der Waals surface area contributed by atoms with E-state index in [0.717, 1.165) is 24.5 Å². The van der Waals surface area contributed by atoms with Crippen molar-refractivity contribution in [2.45, 2.75) is 20.8 Å². The lowest BCUT2D eigenvalue weighted by molar-refractivity contribution is 0.101. The number of rotatable bonds is 5. The molecule has 0 saturated heterocycles. The second kappa shape index (κ2) is 5.45. The number of ketones is 1. The van der Waals surface area contributed by atoms with Crippen LogP contribution < -0.4 is 4.90 Å². The van der Waals surface area contributed by atoms with Gasteiger partial charge >= 0.3 is 0 Å². The molecule has 0 atom stereocenters. The molecule has 0 fully saturated rings. The molecule has 1 aromatic rings. The first-order chi connectivity index (χ1) is 7.54. The van der Waals surface area contributed by atoms with Crippen LogP contribution in [0.25, 0.3) is 0 Å². The van der Waals surface area contributed by atoms with Crippen molar-refractivity contribution in [3.05, 3.63) is 36.0 Å². The van der Waals surface area contributed by atoms with Gasteiger partial charge in [-0.05, 0) is 32.9 Å². The highest BCUT2D eigenvalue weighted by Gasteiger charge is 2.08. The maximum absolute atomic E-state index is 11.3. The molecule has 1 aromatic heterocycles. The fourth-order valence-corrected chi connectivity index (χ4v) is 1.49. The highest BCUT2D eigenvalue weighted by Crippen LogP contribution is 2.14. The molecular formula is C13H18N2O. The van der Waals surface area contributed by atoms with E-state index in [9.17, 15) is 4.79 Å². The number of anilines is 1. The molecule has 0 radical (unpaired) electrons. The molecule has 0 aliphatic carbocycles. The summed E-state index contributed by atoms with van der Waals surface area (Å²) in [5.74, 6) is 0.897. The average molecular weight is 218 g/mol. The lowest BCUT2D eigenvalue weighted by Crippen LogP contribution is -2.25. The van der Waals surface area contributed by atoms with Crippen molar-refractivity contribution >= 4 is 11.6 Å². The van der Waals surface area contributed by atoms with Gasteiger partial charge in [-0.1, -0.05) is 12.2 Å². The number of nitrogens with zero attached hydrogens (tertiary/aromatic N) is 2. The van der Waals surface area contributed by atoms with E-state index < -0.39 is 0 Å². The van der Waals surface area contributed by atoms with Crippen LogP contribution in [-0.2, 0) is 0 Å². The second-order valence-corrected chi connectivity index (χ2v) is 3.93. The predicted molar refractivity (Wildman–Crippen MR) is 66.9 cm³/mol. The Kier molecular flexibility index (Phi) is 4.23. The second-order valence-electron chi connectivity index (χ2n) is 3.93. The molecule has 3 nitrogen and oxygen atoms in total. The van der Waals surface area contributed by atoms with Crippen molar-refractivity contribution in [2.24, 2.45) is 0 Å². The minimum absolute atomic E-state index is 0.0648. The molecule has 0 spiro atoms. The number of hydrogen-bond acceptors (Lipinski definition) is 3. The molecule has 86 valence electrons. The van der Waals surface area contributed by atoms with E-state index in [1.54, 1.807) is 19.2 Å². The van der Waals surface area contributed by atoms with Gasteiger partial charge in [-0.2, -0.15) is 0 Å². The summed E-state index contributed by atoms with van der Waals surface area (Å²) in [5, 5.41) is 0. The minimum Gasteiger partial charge on any atom is -0.353 e. The Morgan fingerprint density at radius 2 is 2.19 bits per heavy atom. The van der Waals surface area contributed by atoms with E-state index in [1.165, 1.54) is 0 Å². The van der Waals surface area contributed by atoms with E-state index in [0.29, 0.717) is 5.56 Å². The average Bonchev–Trinajstić information content (AvgIpc) is 2.25. The number of likely N-dealkylation sites (N-methyl/N-ethyl adjacent to an activating group) is 1. The number of pyridine rings is 1. The van der Waals surface area contributed by atoms with Gasteiger partial charge < -0.3 is 4.90 Å². The molecule has 3 heteroatoms. The molecule has 0 saturated carbocycles. The maximum atomic E-state index is 11.3. The van der Waals surface area contributed by atoms with E-state index in [1.807, 2.05) is 13.0 Å². The maximum Gasteiger partial charge on any atom is 0.159 e. The predicted octanol–water partition coefficient (Wildman–Crippen LogP) is 2.69. The van der Waals surface area contributed by atoms with Crippen molar-refractivity contribution in [2.75, 3.05) is 18.0 Å². The minimum atomic E-state index is 0.0648. The molecular weight excluding hydrogens is 200 g/mol. The third kappa shape index (κ3) is 3.19. The van der Waals surface area contributed by atoms with Crippen LogP contribution in [0.15, 0.2) is 30.5 Å². The zero-order valence-corrected chi connectivity index (χ0v) is 10.2. The summed E-state index contributed by atoms with van der Waals surface area (Å²) < 4.78 is 0. The first-order valence-electron chi connectivity index (χ1n) is 5.41.